The maximum Gasteiger partial charge on any atom is 0.289 e. The van der Waals surface area contributed by atoms with Crippen LogP contribution in [0.2, 0.25) is 0 Å². The first-order chi connectivity index (χ1) is 13.6. The summed E-state index contributed by atoms with van der Waals surface area (Å²) in [6.45, 7) is 1.17. The van der Waals surface area contributed by atoms with Gasteiger partial charge in [0.25, 0.3) is 5.91 Å². The molecule has 1 saturated heterocycles. The quantitative estimate of drug-likeness (QED) is 0.717. The fourth-order valence-electron chi connectivity index (χ4n) is 3.72. The van der Waals surface area contributed by atoms with E-state index in [2.05, 4.69) is 0 Å². The average Bonchev–Trinajstić information content (AvgIpc) is 3.24. The molecular formula is C23H22FNO3. The van der Waals surface area contributed by atoms with E-state index in [0.717, 1.165) is 24.0 Å². The Morgan fingerprint density at radius 2 is 1.68 bits per heavy atom. The fourth-order valence-corrected chi connectivity index (χ4v) is 3.72. The Labute approximate surface area is 163 Å². The number of halogens is 1. The monoisotopic (exact) mass is 379 g/mol. The molecule has 0 spiro atoms. The van der Waals surface area contributed by atoms with Gasteiger partial charge < -0.3 is 14.4 Å². The number of hydrogen-bond donors (Lipinski definition) is 1. The zero-order chi connectivity index (χ0) is 19.5. The van der Waals surface area contributed by atoms with Gasteiger partial charge in [0.15, 0.2) is 5.76 Å². The molecule has 4 nitrogen and oxygen atoms in total. The predicted molar refractivity (Wildman–Crippen MR) is 104 cm³/mol. The Morgan fingerprint density at radius 3 is 2.36 bits per heavy atom. The summed E-state index contributed by atoms with van der Waals surface area (Å²) in [6.07, 6.45) is 0.979. The number of amides is 1. The summed E-state index contributed by atoms with van der Waals surface area (Å²) in [6, 6.07) is 19.0. The van der Waals surface area contributed by atoms with Gasteiger partial charge in [-0.25, -0.2) is 4.39 Å². The standard InChI is InChI=1S/C23H22FNO3/c24-19-8-6-16(7-9-19)20-10-11-21(28-20)23(27)25-14-12-18(13-15-25)22(26)17-4-2-1-3-5-17/h1-11,18,22,26H,12-15H2. The first-order valence-corrected chi connectivity index (χ1v) is 9.50. The number of rotatable bonds is 4. The maximum absolute atomic E-state index is 13.1. The minimum absolute atomic E-state index is 0.137. The first kappa shape index (κ1) is 18.4. The van der Waals surface area contributed by atoms with Crippen molar-refractivity contribution in [3.05, 3.63) is 83.9 Å². The number of aliphatic hydroxyl groups excluding tert-OH is 1. The smallest absolute Gasteiger partial charge is 0.289 e. The number of carbonyl (C=O) groups excluding carboxylic acids is 1. The van der Waals surface area contributed by atoms with Crippen molar-refractivity contribution in [1.29, 1.82) is 0 Å². The highest BCUT2D eigenvalue weighted by atomic mass is 19.1. The highest BCUT2D eigenvalue weighted by Crippen LogP contribution is 2.31. The second-order valence-electron chi connectivity index (χ2n) is 7.16. The van der Waals surface area contributed by atoms with Gasteiger partial charge in [0, 0.05) is 18.7 Å². The molecule has 1 N–H and O–H groups in total. The van der Waals surface area contributed by atoms with E-state index in [9.17, 15) is 14.3 Å². The lowest BCUT2D eigenvalue weighted by Crippen LogP contribution is -2.39. The molecule has 0 bridgehead atoms. The van der Waals surface area contributed by atoms with Gasteiger partial charge in [-0.2, -0.15) is 0 Å². The van der Waals surface area contributed by atoms with Gasteiger partial charge in [-0.15, -0.1) is 0 Å². The molecule has 1 aromatic heterocycles. The SMILES string of the molecule is O=C(c1ccc(-c2ccc(F)cc2)o1)N1CCC(C(O)c2ccccc2)CC1. The highest BCUT2D eigenvalue weighted by Gasteiger charge is 2.29. The molecule has 5 heteroatoms. The molecule has 144 valence electrons. The second-order valence-corrected chi connectivity index (χ2v) is 7.16. The van der Waals surface area contributed by atoms with Crippen LogP contribution in [-0.4, -0.2) is 29.0 Å². The van der Waals surface area contributed by atoms with Crippen molar-refractivity contribution in [3.63, 3.8) is 0 Å². The summed E-state index contributed by atoms with van der Waals surface area (Å²) in [5.41, 5.74) is 1.65. The first-order valence-electron chi connectivity index (χ1n) is 9.50. The van der Waals surface area contributed by atoms with E-state index in [4.69, 9.17) is 4.42 Å². The van der Waals surface area contributed by atoms with E-state index in [1.165, 1.54) is 12.1 Å². The summed E-state index contributed by atoms with van der Waals surface area (Å²) in [5, 5.41) is 10.6. The van der Waals surface area contributed by atoms with Crippen LogP contribution in [0.1, 0.15) is 35.1 Å². The largest absolute Gasteiger partial charge is 0.451 e. The summed E-state index contributed by atoms with van der Waals surface area (Å²) >= 11 is 0. The molecule has 3 aromatic rings. The van der Waals surface area contributed by atoms with Crippen LogP contribution in [0.3, 0.4) is 0 Å². The predicted octanol–water partition coefficient (Wildman–Crippen LogP) is 4.67. The van der Waals surface area contributed by atoms with E-state index in [1.54, 1.807) is 29.2 Å². The number of benzene rings is 2. The van der Waals surface area contributed by atoms with E-state index in [1.807, 2.05) is 30.3 Å². The number of carbonyl (C=O) groups is 1. The lowest BCUT2D eigenvalue weighted by molar-refractivity contribution is 0.0443. The number of hydrogen-bond acceptors (Lipinski definition) is 3. The molecule has 1 atom stereocenters. The number of aliphatic hydroxyl groups is 1. The van der Waals surface area contributed by atoms with Crippen LogP contribution >= 0.6 is 0 Å². The van der Waals surface area contributed by atoms with Gasteiger partial charge in [0.05, 0.1) is 6.10 Å². The lowest BCUT2D eigenvalue weighted by atomic mass is 9.87. The molecule has 2 aromatic carbocycles. The van der Waals surface area contributed by atoms with Crippen LogP contribution in [0, 0.1) is 11.7 Å². The maximum atomic E-state index is 13.1. The van der Waals surface area contributed by atoms with Crippen molar-refractivity contribution in [2.24, 2.45) is 5.92 Å². The molecule has 0 aliphatic carbocycles. The number of furan rings is 1. The van der Waals surface area contributed by atoms with Crippen molar-refractivity contribution in [1.82, 2.24) is 4.90 Å². The number of piperidine rings is 1. The molecule has 28 heavy (non-hydrogen) atoms. The average molecular weight is 379 g/mol. The van der Waals surface area contributed by atoms with Crippen LogP contribution < -0.4 is 0 Å². The van der Waals surface area contributed by atoms with Crippen molar-refractivity contribution < 1.29 is 18.7 Å². The van der Waals surface area contributed by atoms with Gasteiger partial charge in [0.2, 0.25) is 0 Å². The molecule has 1 fully saturated rings. The van der Waals surface area contributed by atoms with Crippen molar-refractivity contribution >= 4 is 5.91 Å². The number of nitrogens with zero attached hydrogens (tertiary/aromatic N) is 1. The van der Waals surface area contributed by atoms with Crippen LogP contribution in [0.4, 0.5) is 4.39 Å². The van der Waals surface area contributed by atoms with E-state index >= 15 is 0 Å². The molecule has 0 radical (unpaired) electrons. The molecule has 1 amide bonds. The third-order valence-electron chi connectivity index (χ3n) is 5.36. The minimum Gasteiger partial charge on any atom is -0.451 e. The van der Waals surface area contributed by atoms with Crippen molar-refractivity contribution in [2.45, 2.75) is 18.9 Å². The third-order valence-corrected chi connectivity index (χ3v) is 5.36. The summed E-state index contributed by atoms with van der Waals surface area (Å²) in [5.74, 6) is 0.491. The van der Waals surface area contributed by atoms with E-state index < -0.39 is 6.10 Å². The van der Waals surface area contributed by atoms with Crippen molar-refractivity contribution in [2.75, 3.05) is 13.1 Å². The van der Waals surface area contributed by atoms with Gasteiger partial charge in [-0.1, -0.05) is 30.3 Å². The molecule has 1 aliphatic rings. The van der Waals surface area contributed by atoms with E-state index in [-0.39, 0.29) is 23.4 Å². The normalized spacial score (nSPS) is 16.1. The molecule has 1 unspecified atom stereocenters. The zero-order valence-corrected chi connectivity index (χ0v) is 15.4. The second kappa shape index (κ2) is 7.98. The zero-order valence-electron chi connectivity index (χ0n) is 15.4. The van der Waals surface area contributed by atoms with Crippen LogP contribution in [-0.2, 0) is 0 Å². The Balaban J connectivity index is 1.38. The lowest BCUT2D eigenvalue weighted by Gasteiger charge is -2.34. The van der Waals surface area contributed by atoms with Crippen LogP contribution in [0.5, 0.6) is 0 Å². The fraction of sp³-hybridized carbons (Fsp3) is 0.261. The van der Waals surface area contributed by atoms with Crippen LogP contribution in [0.25, 0.3) is 11.3 Å². The summed E-state index contributed by atoms with van der Waals surface area (Å²) in [7, 11) is 0. The Bertz CT molecular complexity index is 928. The number of likely N-dealkylation sites (tertiary alicyclic amines) is 1. The van der Waals surface area contributed by atoms with Gasteiger partial charge in [-0.3, -0.25) is 4.79 Å². The minimum atomic E-state index is -0.507. The summed E-state index contributed by atoms with van der Waals surface area (Å²) in [4.78, 5) is 14.5. The van der Waals surface area contributed by atoms with Crippen molar-refractivity contribution in [3.8, 4) is 11.3 Å². The van der Waals surface area contributed by atoms with E-state index in [0.29, 0.717) is 18.8 Å². The molecule has 1 aliphatic heterocycles. The summed E-state index contributed by atoms with van der Waals surface area (Å²) < 4.78 is 18.8. The molecule has 4 rings (SSSR count). The molecule has 0 saturated carbocycles. The Morgan fingerprint density at radius 1 is 1.00 bits per heavy atom. The van der Waals surface area contributed by atoms with Gasteiger partial charge in [-0.05, 0) is 60.7 Å². The van der Waals surface area contributed by atoms with Crippen LogP contribution in [0.15, 0.2) is 71.1 Å². The highest BCUT2D eigenvalue weighted by molar-refractivity contribution is 5.92. The Hall–Kier alpha value is -2.92. The van der Waals surface area contributed by atoms with Gasteiger partial charge >= 0.3 is 0 Å². The topological polar surface area (TPSA) is 53.7 Å². The Kier molecular flexibility index (Phi) is 5.26. The molecular weight excluding hydrogens is 357 g/mol. The molecule has 2 heterocycles. The van der Waals surface area contributed by atoms with Gasteiger partial charge in [0.1, 0.15) is 11.6 Å². The third kappa shape index (κ3) is 3.85.